The topological polar surface area (TPSA) is 97.4 Å². The maximum atomic E-state index is 14.7. The standard InChI is InChI=1S/C19H24FN3O6/c1-19(2,3)29-16(24)21-9-13-10-23(18(26)28-13)12-7-11-5-6-27-17(25)22(4)15(11)14(20)8-12/h7-8,13H,5-6,9-10H2,1-4H3,(H,21,24)/t13-/m0/s1. The van der Waals surface area contributed by atoms with E-state index < -0.39 is 35.8 Å². The van der Waals surface area contributed by atoms with E-state index in [2.05, 4.69) is 5.32 Å². The SMILES string of the molecule is CN1C(=O)OCCc2cc(N3C[C@H](CNC(=O)OC(C)(C)C)OC3=O)cc(F)c21. The van der Waals surface area contributed by atoms with Crippen LogP contribution in [0.3, 0.4) is 0 Å². The zero-order chi connectivity index (χ0) is 21.3. The number of cyclic esters (lactones) is 2. The molecular weight excluding hydrogens is 385 g/mol. The minimum Gasteiger partial charge on any atom is -0.449 e. The van der Waals surface area contributed by atoms with Crippen LogP contribution in [0.25, 0.3) is 0 Å². The number of anilines is 2. The van der Waals surface area contributed by atoms with Crippen LogP contribution in [0.2, 0.25) is 0 Å². The highest BCUT2D eigenvalue weighted by atomic mass is 19.1. The fraction of sp³-hybridized carbons (Fsp3) is 0.526. The van der Waals surface area contributed by atoms with Gasteiger partial charge in [-0.3, -0.25) is 9.80 Å². The molecule has 3 rings (SSSR count). The predicted molar refractivity (Wildman–Crippen MR) is 102 cm³/mol. The number of halogens is 1. The first-order chi connectivity index (χ1) is 13.5. The van der Waals surface area contributed by atoms with Crippen molar-refractivity contribution in [2.45, 2.75) is 38.9 Å². The number of ether oxygens (including phenoxy) is 3. The third-order valence-electron chi connectivity index (χ3n) is 4.39. The van der Waals surface area contributed by atoms with Crippen molar-refractivity contribution in [3.05, 3.63) is 23.5 Å². The molecule has 1 fully saturated rings. The lowest BCUT2D eigenvalue weighted by Crippen LogP contribution is -2.38. The van der Waals surface area contributed by atoms with Gasteiger partial charge in [0.05, 0.1) is 31.1 Å². The minimum atomic E-state index is -0.644. The molecule has 0 saturated carbocycles. The number of amides is 3. The normalized spacial score (nSPS) is 19.3. The van der Waals surface area contributed by atoms with Crippen molar-refractivity contribution in [2.75, 3.05) is 36.5 Å². The molecule has 1 aromatic carbocycles. The van der Waals surface area contributed by atoms with Crippen molar-refractivity contribution in [1.82, 2.24) is 5.32 Å². The quantitative estimate of drug-likeness (QED) is 0.771. The maximum absolute atomic E-state index is 14.7. The average molecular weight is 409 g/mol. The molecule has 1 aromatic rings. The molecule has 0 radical (unpaired) electrons. The monoisotopic (exact) mass is 409 g/mol. The minimum absolute atomic E-state index is 0.0651. The summed E-state index contributed by atoms with van der Waals surface area (Å²) in [5, 5.41) is 2.55. The third kappa shape index (κ3) is 4.69. The third-order valence-corrected chi connectivity index (χ3v) is 4.39. The first kappa shape index (κ1) is 20.7. The van der Waals surface area contributed by atoms with E-state index in [9.17, 15) is 18.8 Å². The molecule has 0 unspecified atom stereocenters. The molecule has 3 amide bonds. The van der Waals surface area contributed by atoms with Crippen LogP contribution >= 0.6 is 0 Å². The van der Waals surface area contributed by atoms with Gasteiger partial charge in [-0.05, 0) is 38.5 Å². The van der Waals surface area contributed by atoms with Crippen LogP contribution in [0.5, 0.6) is 0 Å². The second-order valence-electron chi connectivity index (χ2n) is 7.86. The highest BCUT2D eigenvalue weighted by Crippen LogP contribution is 2.33. The molecule has 1 saturated heterocycles. The van der Waals surface area contributed by atoms with Crippen molar-refractivity contribution in [3.8, 4) is 0 Å². The fourth-order valence-corrected chi connectivity index (χ4v) is 3.15. The number of carbonyl (C=O) groups is 3. The number of alkyl carbamates (subject to hydrolysis) is 1. The largest absolute Gasteiger partial charge is 0.449 e. The van der Waals surface area contributed by atoms with Crippen molar-refractivity contribution in [2.24, 2.45) is 0 Å². The number of hydrogen-bond donors (Lipinski definition) is 1. The van der Waals surface area contributed by atoms with E-state index >= 15 is 0 Å². The molecule has 158 valence electrons. The summed E-state index contributed by atoms with van der Waals surface area (Å²) >= 11 is 0. The molecule has 10 heteroatoms. The number of carbonyl (C=O) groups excluding carboxylic acids is 3. The fourth-order valence-electron chi connectivity index (χ4n) is 3.15. The number of fused-ring (bicyclic) bond motifs is 1. The van der Waals surface area contributed by atoms with E-state index in [1.54, 1.807) is 26.8 Å². The molecule has 0 aromatic heterocycles. The van der Waals surface area contributed by atoms with Crippen molar-refractivity contribution < 1.29 is 33.0 Å². The van der Waals surface area contributed by atoms with Crippen LogP contribution in [0.15, 0.2) is 12.1 Å². The molecule has 2 aliphatic rings. The van der Waals surface area contributed by atoms with Crippen molar-refractivity contribution in [1.29, 1.82) is 0 Å². The molecule has 0 aliphatic carbocycles. The summed E-state index contributed by atoms with van der Waals surface area (Å²) in [6.45, 7) is 5.55. The van der Waals surface area contributed by atoms with Crippen LogP contribution in [0.4, 0.5) is 30.1 Å². The summed E-state index contributed by atoms with van der Waals surface area (Å²) in [4.78, 5) is 38.2. The van der Waals surface area contributed by atoms with Gasteiger partial charge in [-0.15, -0.1) is 0 Å². The van der Waals surface area contributed by atoms with E-state index in [4.69, 9.17) is 14.2 Å². The van der Waals surface area contributed by atoms with Gasteiger partial charge in [-0.2, -0.15) is 0 Å². The maximum Gasteiger partial charge on any atom is 0.414 e. The Hall–Kier alpha value is -3.04. The van der Waals surface area contributed by atoms with Gasteiger partial charge in [-0.1, -0.05) is 0 Å². The Balaban J connectivity index is 1.71. The molecule has 1 N–H and O–H groups in total. The average Bonchev–Trinajstić information content (AvgIpc) is 2.91. The number of nitrogens with one attached hydrogen (secondary N) is 1. The Labute approximate surface area is 167 Å². The highest BCUT2D eigenvalue weighted by Gasteiger charge is 2.34. The Bertz CT molecular complexity index is 838. The van der Waals surface area contributed by atoms with Crippen LogP contribution < -0.4 is 15.1 Å². The molecular formula is C19H24FN3O6. The Morgan fingerprint density at radius 2 is 2.03 bits per heavy atom. The second kappa shape index (κ2) is 7.76. The van der Waals surface area contributed by atoms with E-state index in [0.29, 0.717) is 17.7 Å². The van der Waals surface area contributed by atoms with E-state index in [-0.39, 0.29) is 25.4 Å². The van der Waals surface area contributed by atoms with Gasteiger partial charge in [0.25, 0.3) is 0 Å². The summed E-state index contributed by atoms with van der Waals surface area (Å²) in [5.74, 6) is -0.637. The van der Waals surface area contributed by atoms with Gasteiger partial charge < -0.3 is 19.5 Å². The number of hydrogen-bond acceptors (Lipinski definition) is 6. The summed E-state index contributed by atoms with van der Waals surface area (Å²) in [7, 11) is 1.43. The Kier molecular flexibility index (Phi) is 5.54. The lowest BCUT2D eigenvalue weighted by Gasteiger charge is -2.21. The van der Waals surface area contributed by atoms with E-state index in [0.717, 1.165) is 4.90 Å². The van der Waals surface area contributed by atoms with Gasteiger partial charge in [-0.25, -0.2) is 18.8 Å². The second-order valence-corrected chi connectivity index (χ2v) is 7.86. The van der Waals surface area contributed by atoms with Gasteiger partial charge >= 0.3 is 18.3 Å². The molecule has 0 bridgehead atoms. The van der Waals surface area contributed by atoms with Gasteiger partial charge in [0.1, 0.15) is 17.5 Å². The van der Waals surface area contributed by atoms with Crippen LogP contribution in [-0.2, 0) is 20.6 Å². The summed E-state index contributed by atoms with van der Waals surface area (Å²) in [6.07, 6.45) is -2.18. The van der Waals surface area contributed by atoms with E-state index in [1.165, 1.54) is 18.0 Å². The first-order valence-corrected chi connectivity index (χ1v) is 9.23. The zero-order valence-electron chi connectivity index (χ0n) is 16.8. The summed E-state index contributed by atoms with van der Waals surface area (Å²) in [5.41, 5.74) is 0.359. The summed E-state index contributed by atoms with van der Waals surface area (Å²) < 4.78 is 30.1. The molecule has 0 spiro atoms. The van der Waals surface area contributed by atoms with Crippen molar-refractivity contribution in [3.63, 3.8) is 0 Å². The number of benzene rings is 1. The van der Waals surface area contributed by atoms with Crippen molar-refractivity contribution >= 4 is 29.7 Å². The first-order valence-electron chi connectivity index (χ1n) is 9.23. The summed E-state index contributed by atoms with van der Waals surface area (Å²) in [6, 6.07) is 2.82. The number of rotatable bonds is 3. The Morgan fingerprint density at radius 1 is 1.31 bits per heavy atom. The molecule has 2 heterocycles. The van der Waals surface area contributed by atoms with Crippen LogP contribution in [0, 0.1) is 5.82 Å². The van der Waals surface area contributed by atoms with Crippen LogP contribution in [-0.4, -0.2) is 56.7 Å². The van der Waals surface area contributed by atoms with Crippen LogP contribution in [0.1, 0.15) is 26.3 Å². The molecule has 29 heavy (non-hydrogen) atoms. The smallest absolute Gasteiger partial charge is 0.414 e. The van der Waals surface area contributed by atoms with Gasteiger partial charge in [0.2, 0.25) is 0 Å². The lowest BCUT2D eigenvalue weighted by molar-refractivity contribution is 0.0496. The molecule has 2 aliphatic heterocycles. The molecule has 1 atom stereocenters. The van der Waals surface area contributed by atoms with E-state index in [1.807, 2.05) is 0 Å². The number of nitrogens with zero attached hydrogens (tertiary/aromatic N) is 2. The highest BCUT2D eigenvalue weighted by molar-refractivity contribution is 5.93. The zero-order valence-corrected chi connectivity index (χ0v) is 16.8. The predicted octanol–water partition coefficient (Wildman–Crippen LogP) is 2.80. The Morgan fingerprint density at radius 3 is 2.72 bits per heavy atom. The lowest BCUT2D eigenvalue weighted by atomic mass is 10.1. The van der Waals surface area contributed by atoms with Gasteiger partial charge in [0.15, 0.2) is 0 Å². The molecule has 9 nitrogen and oxygen atoms in total. The van der Waals surface area contributed by atoms with Gasteiger partial charge in [0, 0.05) is 13.5 Å².